The van der Waals surface area contributed by atoms with Gasteiger partial charge in [0.15, 0.2) is 11.5 Å². The van der Waals surface area contributed by atoms with Gasteiger partial charge in [0.25, 0.3) is 11.8 Å². The maximum absolute atomic E-state index is 13.0. The summed E-state index contributed by atoms with van der Waals surface area (Å²) in [7, 11) is 1.52. The minimum Gasteiger partial charge on any atom is -0.493 e. The van der Waals surface area contributed by atoms with E-state index in [9.17, 15) is 9.59 Å². The van der Waals surface area contributed by atoms with E-state index >= 15 is 0 Å². The minimum atomic E-state index is -0.503. The standard InChI is InChI=1S/C26H20BrClN2O4/c1-16-21(26(32)30(29-16)25(31)19-6-4-3-5-7-19)12-18-13-22(28)24(23(14-18)33-2)34-15-17-8-10-20(27)11-9-17/h3-14H,15H2,1-2H3/b21-12+. The summed E-state index contributed by atoms with van der Waals surface area (Å²) in [6.45, 7) is 1.99. The predicted octanol–water partition coefficient (Wildman–Crippen LogP) is 6.13. The van der Waals surface area contributed by atoms with Gasteiger partial charge in [0.2, 0.25) is 0 Å². The molecule has 3 aromatic rings. The summed E-state index contributed by atoms with van der Waals surface area (Å²) >= 11 is 9.91. The molecule has 4 rings (SSSR count). The zero-order chi connectivity index (χ0) is 24.2. The lowest BCUT2D eigenvalue weighted by Crippen LogP contribution is -2.29. The second kappa shape index (κ2) is 10.2. The maximum atomic E-state index is 13.0. The third-order valence-electron chi connectivity index (χ3n) is 5.13. The van der Waals surface area contributed by atoms with Crippen molar-refractivity contribution >= 4 is 51.1 Å². The highest BCUT2D eigenvalue weighted by Crippen LogP contribution is 2.38. The van der Waals surface area contributed by atoms with Crippen LogP contribution in [0.2, 0.25) is 5.02 Å². The third kappa shape index (κ3) is 5.05. The molecule has 0 saturated carbocycles. The molecule has 0 fully saturated rings. The number of methoxy groups -OCH3 is 1. The Morgan fingerprint density at radius 2 is 1.82 bits per heavy atom. The lowest BCUT2D eigenvalue weighted by molar-refractivity contribution is -0.123. The van der Waals surface area contributed by atoms with Gasteiger partial charge in [0.05, 0.1) is 23.4 Å². The largest absolute Gasteiger partial charge is 0.493 e. The maximum Gasteiger partial charge on any atom is 0.283 e. The molecular formula is C26H20BrClN2O4. The SMILES string of the molecule is COc1cc(/C=C2/C(=O)N(C(=O)c3ccccc3)N=C2C)cc(Cl)c1OCc1ccc(Br)cc1. The summed E-state index contributed by atoms with van der Waals surface area (Å²) in [4.78, 5) is 25.7. The summed E-state index contributed by atoms with van der Waals surface area (Å²) in [5.74, 6) is -0.162. The molecule has 6 nitrogen and oxygen atoms in total. The fourth-order valence-corrected chi connectivity index (χ4v) is 3.93. The van der Waals surface area contributed by atoms with E-state index in [1.165, 1.54) is 7.11 Å². The molecule has 0 spiro atoms. The molecule has 1 heterocycles. The number of imide groups is 1. The van der Waals surface area contributed by atoms with Crippen LogP contribution >= 0.6 is 27.5 Å². The molecule has 34 heavy (non-hydrogen) atoms. The van der Waals surface area contributed by atoms with Crippen molar-refractivity contribution < 1.29 is 19.1 Å². The van der Waals surface area contributed by atoms with E-state index in [1.54, 1.807) is 55.5 Å². The van der Waals surface area contributed by atoms with Crippen molar-refractivity contribution in [2.24, 2.45) is 5.10 Å². The number of hydrogen-bond donors (Lipinski definition) is 0. The molecule has 0 atom stereocenters. The van der Waals surface area contributed by atoms with Gasteiger partial charge in [-0.05, 0) is 60.5 Å². The first-order valence-corrected chi connectivity index (χ1v) is 11.5. The third-order valence-corrected chi connectivity index (χ3v) is 5.94. The molecule has 0 radical (unpaired) electrons. The molecule has 2 amide bonds. The molecule has 0 saturated heterocycles. The summed E-state index contributed by atoms with van der Waals surface area (Å²) < 4.78 is 12.4. The van der Waals surface area contributed by atoms with Crippen molar-refractivity contribution in [1.82, 2.24) is 5.01 Å². The Labute approximate surface area is 210 Å². The van der Waals surface area contributed by atoms with E-state index in [4.69, 9.17) is 21.1 Å². The van der Waals surface area contributed by atoms with E-state index in [2.05, 4.69) is 21.0 Å². The van der Waals surface area contributed by atoms with Gasteiger partial charge in [-0.1, -0.05) is 57.9 Å². The number of rotatable bonds is 6. The fourth-order valence-electron chi connectivity index (χ4n) is 3.39. The van der Waals surface area contributed by atoms with Crippen LogP contribution in [0.15, 0.2) is 81.9 Å². The van der Waals surface area contributed by atoms with Crippen LogP contribution in [0.1, 0.15) is 28.4 Å². The molecule has 0 unspecified atom stereocenters. The smallest absolute Gasteiger partial charge is 0.283 e. The van der Waals surface area contributed by atoms with E-state index < -0.39 is 11.8 Å². The number of carbonyl (C=O) groups excluding carboxylic acids is 2. The average molecular weight is 540 g/mol. The highest BCUT2D eigenvalue weighted by molar-refractivity contribution is 9.10. The molecule has 8 heteroatoms. The number of hydrogen-bond acceptors (Lipinski definition) is 5. The van der Waals surface area contributed by atoms with Crippen molar-refractivity contribution in [2.75, 3.05) is 7.11 Å². The molecule has 0 aliphatic carbocycles. The van der Waals surface area contributed by atoms with Crippen molar-refractivity contribution in [3.63, 3.8) is 0 Å². The summed E-state index contributed by atoms with van der Waals surface area (Å²) in [6, 6.07) is 19.7. The Morgan fingerprint density at radius 1 is 1.12 bits per heavy atom. The van der Waals surface area contributed by atoms with E-state index in [-0.39, 0.29) is 0 Å². The average Bonchev–Trinajstić information content (AvgIpc) is 3.12. The van der Waals surface area contributed by atoms with Crippen LogP contribution in [0.3, 0.4) is 0 Å². The number of benzene rings is 3. The van der Waals surface area contributed by atoms with Crippen LogP contribution in [-0.4, -0.2) is 29.6 Å². The van der Waals surface area contributed by atoms with Crippen LogP contribution in [0.4, 0.5) is 0 Å². The highest BCUT2D eigenvalue weighted by Gasteiger charge is 2.33. The zero-order valence-corrected chi connectivity index (χ0v) is 20.8. The van der Waals surface area contributed by atoms with Gasteiger partial charge in [0, 0.05) is 10.0 Å². The first kappa shape index (κ1) is 23.7. The molecule has 0 bridgehead atoms. The molecule has 3 aromatic carbocycles. The van der Waals surface area contributed by atoms with Gasteiger partial charge in [-0.25, -0.2) is 0 Å². The van der Waals surface area contributed by atoms with E-state index in [0.29, 0.717) is 45.5 Å². The van der Waals surface area contributed by atoms with Crippen molar-refractivity contribution in [3.8, 4) is 11.5 Å². The number of hydrazone groups is 1. The summed E-state index contributed by atoms with van der Waals surface area (Å²) in [6.07, 6.45) is 1.63. The topological polar surface area (TPSA) is 68.2 Å². The van der Waals surface area contributed by atoms with Crippen LogP contribution in [-0.2, 0) is 11.4 Å². The Hall–Kier alpha value is -3.42. The Morgan fingerprint density at radius 3 is 2.50 bits per heavy atom. The molecule has 0 N–H and O–H groups in total. The van der Waals surface area contributed by atoms with Gasteiger partial charge in [-0.3, -0.25) is 9.59 Å². The van der Waals surface area contributed by atoms with Gasteiger partial charge < -0.3 is 9.47 Å². The van der Waals surface area contributed by atoms with Gasteiger partial charge >= 0.3 is 0 Å². The fraction of sp³-hybridized carbons (Fsp3) is 0.115. The monoisotopic (exact) mass is 538 g/mol. The van der Waals surface area contributed by atoms with Crippen molar-refractivity contribution in [1.29, 1.82) is 0 Å². The van der Waals surface area contributed by atoms with Gasteiger partial charge in [-0.2, -0.15) is 10.1 Å². The predicted molar refractivity (Wildman–Crippen MR) is 135 cm³/mol. The molecule has 172 valence electrons. The zero-order valence-electron chi connectivity index (χ0n) is 18.4. The minimum absolute atomic E-state index is 0.297. The Kier molecular flexibility index (Phi) is 7.14. The van der Waals surface area contributed by atoms with Crippen LogP contribution in [0, 0.1) is 0 Å². The van der Waals surface area contributed by atoms with E-state index in [0.717, 1.165) is 15.0 Å². The molecular weight excluding hydrogens is 520 g/mol. The van der Waals surface area contributed by atoms with Crippen molar-refractivity contribution in [2.45, 2.75) is 13.5 Å². The summed E-state index contributed by atoms with van der Waals surface area (Å²) in [5.41, 5.74) is 2.69. The lowest BCUT2D eigenvalue weighted by Gasteiger charge is -2.14. The molecule has 0 aromatic heterocycles. The van der Waals surface area contributed by atoms with E-state index in [1.807, 2.05) is 24.3 Å². The Bertz CT molecular complexity index is 1300. The first-order valence-electron chi connectivity index (χ1n) is 10.3. The van der Waals surface area contributed by atoms with Crippen molar-refractivity contribution in [3.05, 3.63) is 98.5 Å². The molecule has 1 aliphatic rings. The van der Waals surface area contributed by atoms with Crippen LogP contribution in [0.25, 0.3) is 6.08 Å². The normalized spacial score (nSPS) is 14.4. The second-order valence-electron chi connectivity index (χ2n) is 7.48. The Balaban J connectivity index is 1.57. The molecule has 1 aliphatic heterocycles. The number of ether oxygens (including phenoxy) is 2. The lowest BCUT2D eigenvalue weighted by atomic mass is 10.1. The highest BCUT2D eigenvalue weighted by atomic mass is 79.9. The number of amides is 2. The number of halogens is 2. The second-order valence-corrected chi connectivity index (χ2v) is 8.80. The number of carbonyl (C=O) groups is 2. The quantitative estimate of drug-likeness (QED) is 0.279. The van der Waals surface area contributed by atoms with Gasteiger partial charge in [-0.15, -0.1) is 0 Å². The summed E-state index contributed by atoms with van der Waals surface area (Å²) in [5, 5.41) is 5.38. The first-order chi connectivity index (χ1) is 16.4. The van der Waals surface area contributed by atoms with Crippen LogP contribution in [0.5, 0.6) is 11.5 Å². The van der Waals surface area contributed by atoms with Gasteiger partial charge in [0.1, 0.15) is 6.61 Å². The van der Waals surface area contributed by atoms with Crippen LogP contribution < -0.4 is 9.47 Å². The number of nitrogens with zero attached hydrogens (tertiary/aromatic N) is 2.